The molecule has 26 heavy (non-hydrogen) atoms. The molecule has 2 heterocycles. The first-order valence-corrected chi connectivity index (χ1v) is 7.96. The molecular formula is C19H15FN4O2. The van der Waals surface area contributed by atoms with Gasteiger partial charge in [0.1, 0.15) is 28.4 Å². The first-order valence-electron chi connectivity index (χ1n) is 7.96. The Morgan fingerprint density at radius 3 is 2.73 bits per heavy atom. The average Bonchev–Trinajstić information content (AvgIpc) is 3.01. The number of halogens is 1. The minimum absolute atomic E-state index is 0.305. The van der Waals surface area contributed by atoms with Gasteiger partial charge in [-0.1, -0.05) is 12.1 Å². The molecule has 0 amide bonds. The Bertz CT molecular complexity index is 1210. The molecule has 0 atom stereocenters. The van der Waals surface area contributed by atoms with Crippen molar-refractivity contribution < 1.29 is 9.13 Å². The minimum atomic E-state index is -0.327. The first kappa shape index (κ1) is 16.0. The predicted molar refractivity (Wildman–Crippen MR) is 98.5 cm³/mol. The van der Waals surface area contributed by atoms with Gasteiger partial charge in [-0.2, -0.15) is 9.78 Å². The summed E-state index contributed by atoms with van der Waals surface area (Å²) >= 11 is 0. The smallest absolute Gasteiger partial charge is 0.298 e. The first-order chi connectivity index (χ1) is 12.6. The van der Waals surface area contributed by atoms with E-state index in [9.17, 15) is 9.18 Å². The molecule has 2 aromatic carbocycles. The maximum absolute atomic E-state index is 13.0. The molecule has 4 rings (SSSR count). The molecule has 6 nitrogen and oxygen atoms in total. The summed E-state index contributed by atoms with van der Waals surface area (Å²) in [6.45, 7) is 1.71. The second kappa shape index (κ2) is 6.11. The van der Waals surface area contributed by atoms with Crippen LogP contribution in [0.2, 0.25) is 0 Å². The number of fused-ring (bicyclic) bond motifs is 3. The van der Waals surface area contributed by atoms with Gasteiger partial charge in [0.25, 0.3) is 5.56 Å². The SMILES string of the molecule is COc1ccc2[nH]c3c(=O)n(/N=C/c4ccc(F)cc4)c(C)nc3c2c1. The van der Waals surface area contributed by atoms with E-state index >= 15 is 0 Å². The van der Waals surface area contributed by atoms with Crippen LogP contribution in [0.15, 0.2) is 52.4 Å². The van der Waals surface area contributed by atoms with Crippen molar-refractivity contribution in [3.8, 4) is 5.75 Å². The lowest BCUT2D eigenvalue weighted by molar-refractivity contribution is 0.415. The fourth-order valence-electron chi connectivity index (χ4n) is 2.83. The maximum atomic E-state index is 13.0. The molecule has 0 bridgehead atoms. The molecule has 7 heteroatoms. The van der Waals surface area contributed by atoms with E-state index in [0.717, 1.165) is 10.9 Å². The summed E-state index contributed by atoms with van der Waals surface area (Å²) in [6, 6.07) is 11.3. The van der Waals surface area contributed by atoms with Crippen molar-refractivity contribution in [2.45, 2.75) is 6.92 Å². The van der Waals surface area contributed by atoms with E-state index in [1.54, 1.807) is 26.2 Å². The Kier molecular flexibility index (Phi) is 3.76. The summed E-state index contributed by atoms with van der Waals surface area (Å²) in [4.78, 5) is 20.5. The number of aromatic amines is 1. The van der Waals surface area contributed by atoms with Crippen LogP contribution >= 0.6 is 0 Å². The Hall–Kier alpha value is -3.48. The van der Waals surface area contributed by atoms with Crippen molar-refractivity contribution >= 4 is 28.2 Å². The van der Waals surface area contributed by atoms with Crippen molar-refractivity contribution in [3.05, 3.63) is 70.0 Å². The third kappa shape index (κ3) is 2.63. The number of ether oxygens (including phenoxy) is 1. The van der Waals surface area contributed by atoms with Gasteiger partial charge in [-0.25, -0.2) is 9.37 Å². The van der Waals surface area contributed by atoms with Gasteiger partial charge < -0.3 is 9.72 Å². The van der Waals surface area contributed by atoms with Crippen LogP contribution in [0.25, 0.3) is 21.9 Å². The molecule has 0 saturated heterocycles. The normalized spacial score (nSPS) is 11.7. The molecular weight excluding hydrogens is 335 g/mol. The van der Waals surface area contributed by atoms with Gasteiger partial charge in [-0.05, 0) is 42.8 Å². The molecule has 0 aliphatic carbocycles. The molecule has 4 aromatic rings. The minimum Gasteiger partial charge on any atom is -0.497 e. The summed E-state index contributed by atoms with van der Waals surface area (Å²) in [5.41, 5.74) is 2.12. The zero-order chi connectivity index (χ0) is 18.3. The summed E-state index contributed by atoms with van der Waals surface area (Å²) in [7, 11) is 1.59. The van der Waals surface area contributed by atoms with Crippen molar-refractivity contribution in [2.75, 3.05) is 7.11 Å². The number of rotatable bonds is 3. The third-order valence-electron chi connectivity index (χ3n) is 4.16. The number of nitrogens with zero attached hydrogens (tertiary/aromatic N) is 3. The molecule has 2 aromatic heterocycles. The Morgan fingerprint density at radius 1 is 1.23 bits per heavy atom. The summed E-state index contributed by atoms with van der Waals surface area (Å²) in [5.74, 6) is 0.813. The Balaban J connectivity index is 1.87. The molecule has 1 N–H and O–H groups in total. The predicted octanol–water partition coefficient (Wildman–Crippen LogP) is 3.22. The molecule has 0 unspecified atom stereocenters. The molecule has 0 saturated carbocycles. The lowest BCUT2D eigenvalue weighted by Crippen LogP contribution is -2.20. The summed E-state index contributed by atoms with van der Waals surface area (Å²) in [6.07, 6.45) is 1.49. The lowest BCUT2D eigenvalue weighted by Gasteiger charge is -2.03. The summed E-state index contributed by atoms with van der Waals surface area (Å²) < 4.78 is 19.5. The van der Waals surface area contributed by atoms with Crippen LogP contribution in [0.4, 0.5) is 4.39 Å². The van der Waals surface area contributed by atoms with Crippen LogP contribution in [-0.4, -0.2) is 28.0 Å². The van der Waals surface area contributed by atoms with Crippen LogP contribution in [0.1, 0.15) is 11.4 Å². The van der Waals surface area contributed by atoms with Gasteiger partial charge in [0.05, 0.1) is 13.3 Å². The standard InChI is InChI=1S/C19H15FN4O2/c1-11-22-17-15-9-14(26-2)7-8-16(15)23-18(17)19(25)24(11)21-10-12-3-5-13(20)6-4-12/h3-10,23H,1-2H3/b21-10+. The maximum Gasteiger partial charge on any atom is 0.298 e. The lowest BCUT2D eigenvalue weighted by atomic mass is 10.2. The van der Waals surface area contributed by atoms with Gasteiger partial charge in [-0.15, -0.1) is 0 Å². The van der Waals surface area contributed by atoms with Gasteiger partial charge in [0.2, 0.25) is 0 Å². The van der Waals surface area contributed by atoms with E-state index in [-0.39, 0.29) is 11.4 Å². The fourth-order valence-corrected chi connectivity index (χ4v) is 2.83. The monoisotopic (exact) mass is 350 g/mol. The van der Waals surface area contributed by atoms with Gasteiger partial charge >= 0.3 is 0 Å². The molecule has 0 aliphatic heterocycles. The number of H-pyrrole nitrogens is 1. The van der Waals surface area contributed by atoms with Crippen molar-refractivity contribution in [2.24, 2.45) is 5.10 Å². The molecule has 130 valence electrons. The van der Waals surface area contributed by atoms with Crippen LogP contribution < -0.4 is 10.3 Å². The second-order valence-corrected chi connectivity index (χ2v) is 5.83. The van der Waals surface area contributed by atoms with E-state index in [1.165, 1.54) is 23.0 Å². The Labute approximate surface area is 147 Å². The van der Waals surface area contributed by atoms with E-state index in [0.29, 0.717) is 28.2 Å². The second-order valence-electron chi connectivity index (χ2n) is 5.83. The highest BCUT2D eigenvalue weighted by molar-refractivity contribution is 6.05. The van der Waals surface area contributed by atoms with Gasteiger partial charge in [0, 0.05) is 10.9 Å². The average molecular weight is 350 g/mol. The number of hydrogen-bond donors (Lipinski definition) is 1. The largest absolute Gasteiger partial charge is 0.497 e. The van der Waals surface area contributed by atoms with Crippen molar-refractivity contribution in [1.29, 1.82) is 0 Å². The van der Waals surface area contributed by atoms with Crippen LogP contribution in [0, 0.1) is 12.7 Å². The fraction of sp³-hybridized carbons (Fsp3) is 0.105. The number of aryl methyl sites for hydroxylation is 1. The zero-order valence-electron chi connectivity index (χ0n) is 14.2. The zero-order valence-corrected chi connectivity index (χ0v) is 14.2. The van der Waals surface area contributed by atoms with E-state index in [1.807, 2.05) is 18.2 Å². The Morgan fingerprint density at radius 2 is 2.00 bits per heavy atom. The quantitative estimate of drug-likeness (QED) is 0.577. The van der Waals surface area contributed by atoms with Crippen LogP contribution in [0.3, 0.4) is 0 Å². The molecule has 0 fully saturated rings. The topological polar surface area (TPSA) is 72.3 Å². The molecule has 0 aliphatic rings. The number of aromatic nitrogens is 3. The van der Waals surface area contributed by atoms with Gasteiger partial charge in [0.15, 0.2) is 0 Å². The van der Waals surface area contributed by atoms with Gasteiger partial charge in [-0.3, -0.25) is 4.79 Å². The molecule has 0 radical (unpaired) electrons. The highest BCUT2D eigenvalue weighted by Gasteiger charge is 2.13. The highest BCUT2D eigenvalue weighted by Crippen LogP contribution is 2.26. The number of nitrogens with one attached hydrogen (secondary N) is 1. The van der Waals surface area contributed by atoms with Crippen LogP contribution in [-0.2, 0) is 0 Å². The molecule has 0 spiro atoms. The van der Waals surface area contributed by atoms with E-state index in [4.69, 9.17) is 4.74 Å². The number of methoxy groups -OCH3 is 1. The number of benzene rings is 2. The van der Waals surface area contributed by atoms with E-state index in [2.05, 4.69) is 15.1 Å². The summed E-state index contributed by atoms with van der Waals surface area (Å²) in [5, 5.41) is 5.02. The highest BCUT2D eigenvalue weighted by atomic mass is 19.1. The van der Waals surface area contributed by atoms with Crippen molar-refractivity contribution in [1.82, 2.24) is 14.6 Å². The van der Waals surface area contributed by atoms with E-state index < -0.39 is 0 Å². The number of hydrogen-bond acceptors (Lipinski definition) is 4. The third-order valence-corrected chi connectivity index (χ3v) is 4.16. The van der Waals surface area contributed by atoms with Crippen molar-refractivity contribution in [3.63, 3.8) is 0 Å². The van der Waals surface area contributed by atoms with Crippen LogP contribution in [0.5, 0.6) is 5.75 Å².